The fourth-order valence-electron chi connectivity index (χ4n) is 8.47. The third-order valence-electron chi connectivity index (χ3n) is 12.1. The summed E-state index contributed by atoms with van der Waals surface area (Å²) in [4.78, 5) is 136. The molecule has 0 bridgehead atoms. The van der Waals surface area contributed by atoms with Gasteiger partial charge in [0.1, 0.15) is 54.4 Å². The number of aliphatic hydroxyl groups excluding tert-OH is 2. The molecule has 3 aliphatic rings. The number of nitrogens with zero attached hydrogens (tertiary/aromatic N) is 3. The van der Waals surface area contributed by atoms with Crippen molar-refractivity contribution in [2.45, 2.75) is 158 Å². The molecule has 0 unspecified atom stereocenters. The summed E-state index contributed by atoms with van der Waals surface area (Å²) in [6, 6.07) is -11.4. The van der Waals surface area contributed by atoms with E-state index >= 15 is 0 Å². The van der Waals surface area contributed by atoms with Crippen molar-refractivity contribution < 1.29 is 68.4 Å². The van der Waals surface area contributed by atoms with E-state index in [1.54, 1.807) is 13.8 Å². The summed E-state index contributed by atoms with van der Waals surface area (Å²) in [7, 11) is 0. The van der Waals surface area contributed by atoms with E-state index in [-0.39, 0.29) is 69.8 Å². The highest BCUT2D eigenvalue weighted by molar-refractivity contribution is 7.80. The van der Waals surface area contributed by atoms with Crippen molar-refractivity contribution in [3.8, 4) is 0 Å². The van der Waals surface area contributed by atoms with Crippen LogP contribution in [0.3, 0.4) is 0 Å². The Bertz CT molecular complexity index is 1790. The highest BCUT2D eigenvalue weighted by atomic mass is 32.1. The van der Waals surface area contributed by atoms with Gasteiger partial charge in [-0.05, 0) is 90.0 Å². The molecule has 8 amide bonds. The van der Waals surface area contributed by atoms with E-state index < -0.39 is 133 Å². The Morgan fingerprint density at radius 3 is 1.72 bits per heavy atom. The van der Waals surface area contributed by atoms with Gasteiger partial charge in [0.05, 0.1) is 12.7 Å². The number of nitrogens with one attached hydrogen (secondary N) is 5. The highest BCUT2D eigenvalue weighted by Gasteiger charge is 2.45. The minimum Gasteiger partial charge on any atom is -0.481 e. The van der Waals surface area contributed by atoms with Gasteiger partial charge in [-0.3, -0.25) is 43.2 Å². The molecule has 24 nitrogen and oxygen atoms in total. The zero-order valence-corrected chi connectivity index (χ0v) is 39.3. The maximum Gasteiger partial charge on any atom is 0.326 e. The van der Waals surface area contributed by atoms with Crippen LogP contribution < -0.4 is 38.1 Å². The molecule has 0 aliphatic carbocycles. The minimum absolute atomic E-state index is 0.0754. The third-order valence-corrected chi connectivity index (χ3v) is 12.4. The van der Waals surface area contributed by atoms with E-state index in [0.29, 0.717) is 38.6 Å². The average molecular weight is 971 g/mol. The predicted molar refractivity (Wildman–Crippen MR) is 241 cm³/mol. The lowest BCUT2D eigenvalue weighted by Gasteiger charge is -2.33. The molecular formula is C42H70N10O14S. The fraction of sp³-hybridized carbons (Fsp3) is 0.762. The highest BCUT2D eigenvalue weighted by Crippen LogP contribution is 2.26. The van der Waals surface area contributed by atoms with Crippen LogP contribution in [0.2, 0.25) is 0 Å². The monoisotopic (exact) mass is 970 g/mol. The van der Waals surface area contributed by atoms with Gasteiger partial charge in [-0.25, -0.2) is 4.79 Å². The number of likely N-dealkylation sites (tertiary alicyclic amines) is 3. The third kappa shape index (κ3) is 16.0. The Morgan fingerprint density at radius 2 is 1.18 bits per heavy atom. The van der Waals surface area contributed by atoms with E-state index in [1.165, 1.54) is 21.6 Å². The lowest BCUT2D eigenvalue weighted by atomic mass is 10.0. The normalized spacial score (nSPS) is 21.3. The summed E-state index contributed by atoms with van der Waals surface area (Å²) in [5.41, 5.74) is 11.3. The predicted octanol–water partition coefficient (Wildman–Crippen LogP) is -3.86. The smallest absolute Gasteiger partial charge is 0.326 e. The standard InChI is InChI=1S/C42H70N10O14S/c1-22(2)19-27(42(65)66)47-35(58)25(13-14-32(55)56)45-36(59)29-10-7-17-51(29)41(64)31-12-8-18-52(31)40(63)28(21-67)48-38(61)33(23(3)54)49-37(60)30-11-6-16-50(30)39(62)26(9-4-5-15-43)46-34(57)24(44)20-53/h22-31,33,53-54,67H,4-21,43-44H2,1-3H3,(H,45,59)(H,46,57)(H,47,58)(H,48,61)(H,49,60)(H,55,56)(H,65,66)/t23-,24+,25+,26+,27+,28+,29+,30+,31+,33+/m1/s1. The molecule has 0 saturated carbocycles. The zero-order chi connectivity index (χ0) is 50.1. The molecule has 3 saturated heterocycles. The molecule has 10 atom stereocenters. The molecule has 3 aliphatic heterocycles. The van der Waals surface area contributed by atoms with Gasteiger partial charge in [-0.1, -0.05) is 13.8 Å². The van der Waals surface area contributed by atoms with Crippen LogP contribution in [0.5, 0.6) is 0 Å². The van der Waals surface area contributed by atoms with Gasteiger partial charge < -0.3 is 73.2 Å². The summed E-state index contributed by atoms with van der Waals surface area (Å²) in [5.74, 6) is -8.98. The Hall–Kier alpha value is -5.11. The van der Waals surface area contributed by atoms with Crippen molar-refractivity contribution in [1.82, 2.24) is 41.3 Å². The van der Waals surface area contributed by atoms with Crippen LogP contribution in [-0.4, -0.2) is 193 Å². The lowest BCUT2D eigenvalue weighted by molar-refractivity contribution is -0.148. The van der Waals surface area contributed by atoms with Gasteiger partial charge in [-0.15, -0.1) is 0 Å². The van der Waals surface area contributed by atoms with E-state index in [2.05, 4.69) is 39.2 Å². The zero-order valence-electron chi connectivity index (χ0n) is 38.4. The molecule has 25 heteroatoms. The van der Waals surface area contributed by atoms with Crippen LogP contribution in [0.4, 0.5) is 0 Å². The van der Waals surface area contributed by atoms with Crippen molar-refractivity contribution in [2.75, 3.05) is 38.5 Å². The summed E-state index contributed by atoms with van der Waals surface area (Å²) in [6.45, 7) is 4.79. The first kappa shape index (κ1) is 56.2. The van der Waals surface area contributed by atoms with Crippen molar-refractivity contribution >= 4 is 71.8 Å². The number of aliphatic hydroxyl groups is 2. The molecule has 3 rings (SSSR count). The minimum atomic E-state index is -1.62. The van der Waals surface area contributed by atoms with Crippen LogP contribution in [0.25, 0.3) is 0 Å². The van der Waals surface area contributed by atoms with Gasteiger partial charge in [0.2, 0.25) is 47.3 Å². The van der Waals surface area contributed by atoms with Crippen molar-refractivity contribution in [3.05, 3.63) is 0 Å². The summed E-state index contributed by atoms with van der Waals surface area (Å²) in [5, 5.41) is 51.4. The van der Waals surface area contributed by atoms with Gasteiger partial charge in [-0.2, -0.15) is 12.6 Å². The number of carbonyl (C=O) groups is 10. The van der Waals surface area contributed by atoms with Gasteiger partial charge >= 0.3 is 11.9 Å². The number of rotatable bonds is 26. The molecule has 378 valence electrons. The number of unbranched alkanes of at least 4 members (excludes halogenated alkanes) is 1. The number of amides is 8. The maximum atomic E-state index is 14.2. The van der Waals surface area contributed by atoms with Gasteiger partial charge in [0.25, 0.3) is 0 Å². The number of thiol groups is 1. The van der Waals surface area contributed by atoms with Crippen LogP contribution in [0.1, 0.15) is 97.8 Å². The molecular weight excluding hydrogens is 901 g/mol. The second kappa shape index (κ2) is 27.0. The molecule has 0 aromatic rings. The molecule has 0 radical (unpaired) electrons. The molecule has 67 heavy (non-hydrogen) atoms. The molecule has 13 N–H and O–H groups in total. The largest absolute Gasteiger partial charge is 0.481 e. The lowest BCUT2D eigenvalue weighted by Crippen LogP contribution is -2.62. The van der Waals surface area contributed by atoms with Crippen LogP contribution >= 0.6 is 12.6 Å². The first-order valence-corrected chi connectivity index (χ1v) is 23.5. The van der Waals surface area contributed by atoms with E-state index in [9.17, 15) is 68.4 Å². The average Bonchev–Trinajstić information content (AvgIpc) is 4.09. The second-order valence-corrected chi connectivity index (χ2v) is 18.1. The number of carboxylic acids is 2. The molecule has 0 spiro atoms. The fourth-order valence-corrected chi connectivity index (χ4v) is 8.72. The Kier molecular flexibility index (Phi) is 22.7. The number of hydrogen-bond acceptors (Lipinski definition) is 15. The number of carbonyl (C=O) groups excluding carboxylic acids is 8. The topological polar surface area (TPSA) is 374 Å². The summed E-state index contributed by atoms with van der Waals surface area (Å²) >= 11 is 4.28. The van der Waals surface area contributed by atoms with Crippen molar-refractivity contribution in [1.29, 1.82) is 0 Å². The van der Waals surface area contributed by atoms with Crippen molar-refractivity contribution in [2.24, 2.45) is 17.4 Å². The van der Waals surface area contributed by atoms with Crippen LogP contribution in [-0.2, 0) is 47.9 Å². The Morgan fingerprint density at radius 1 is 0.657 bits per heavy atom. The number of hydrogen-bond donors (Lipinski definition) is 12. The summed E-state index contributed by atoms with van der Waals surface area (Å²) in [6.07, 6.45) is 0.610. The van der Waals surface area contributed by atoms with E-state index in [1.807, 2.05) is 0 Å². The number of nitrogens with two attached hydrogens (primary N) is 2. The Balaban J connectivity index is 1.72. The molecule has 3 fully saturated rings. The second-order valence-electron chi connectivity index (χ2n) is 17.7. The maximum absolute atomic E-state index is 14.2. The van der Waals surface area contributed by atoms with Crippen LogP contribution in [0.15, 0.2) is 0 Å². The van der Waals surface area contributed by atoms with Crippen molar-refractivity contribution in [3.63, 3.8) is 0 Å². The molecule has 0 aromatic carbocycles. The van der Waals surface area contributed by atoms with E-state index in [0.717, 1.165) is 0 Å². The first-order chi connectivity index (χ1) is 31.7. The quantitative estimate of drug-likeness (QED) is 0.0292. The SMILES string of the molecule is CC(C)C[C@H](NC(=O)[C@H](CCC(=O)O)NC(=O)[C@@H]1CCCN1C(=O)[C@@H]1CCCN1C(=O)[C@H](CS)NC(=O)[C@@H](NC(=O)[C@@H]1CCCN1C(=O)[C@H](CCCCN)NC(=O)[C@@H](N)CO)[C@@H](C)O)C(=O)O. The van der Waals surface area contributed by atoms with Gasteiger partial charge in [0.15, 0.2) is 0 Å². The molecule has 0 aromatic heterocycles. The Labute approximate surface area is 394 Å². The number of aliphatic carboxylic acids is 2. The van der Waals surface area contributed by atoms with Gasteiger partial charge in [0, 0.05) is 31.8 Å². The van der Waals surface area contributed by atoms with E-state index in [4.69, 9.17) is 11.5 Å². The molecule has 3 heterocycles. The summed E-state index contributed by atoms with van der Waals surface area (Å²) < 4.78 is 0. The number of carboxylic acid groups (broad SMARTS) is 2. The van der Waals surface area contributed by atoms with Crippen LogP contribution in [0, 0.1) is 5.92 Å². The first-order valence-electron chi connectivity index (χ1n) is 22.9.